The van der Waals surface area contributed by atoms with Gasteiger partial charge in [-0.2, -0.15) is 0 Å². The molecule has 0 saturated carbocycles. The lowest BCUT2D eigenvalue weighted by Gasteiger charge is -2.30. The van der Waals surface area contributed by atoms with Crippen LogP contribution in [0, 0.1) is 13.8 Å². The van der Waals surface area contributed by atoms with Gasteiger partial charge in [0.15, 0.2) is 6.61 Å². The molecule has 0 unspecified atom stereocenters. The summed E-state index contributed by atoms with van der Waals surface area (Å²) in [5.74, 6) is -1.42. The maximum Gasteiger partial charge on any atom is 0.355 e. The molecule has 140 valence electrons. The summed E-state index contributed by atoms with van der Waals surface area (Å²) in [7, 11) is 0. The number of nitrogens with zero attached hydrogens (tertiary/aromatic N) is 1. The van der Waals surface area contributed by atoms with E-state index in [-0.39, 0.29) is 42.5 Å². The number of carbonyl (C=O) groups is 3. The summed E-state index contributed by atoms with van der Waals surface area (Å²) in [6, 6.07) is 0.0229. The van der Waals surface area contributed by atoms with Crippen LogP contribution in [0.3, 0.4) is 0 Å². The summed E-state index contributed by atoms with van der Waals surface area (Å²) < 4.78 is 10.1. The van der Waals surface area contributed by atoms with E-state index in [0.29, 0.717) is 11.3 Å². The van der Waals surface area contributed by atoms with Gasteiger partial charge in [-0.3, -0.25) is 4.79 Å². The van der Waals surface area contributed by atoms with Crippen molar-refractivity contribution in [3.63, 3.8) is 0 Å². The Kier molecular flexibility index (Phi) is 7.21. The van der Waals surface area contributed by atoms with Crippen LogP contribution in [0.4, 0.5) is 0 Å². The number of aromatic nitrogens is 1. The quantitative estimate of drug-likeness (QED) is 0.762. The van der Waals surface area contributed by atoms with Crippen LogP contribution in [0.25, 0.3) is 0 Å². The highest BCUT2D eigenvalue weighted by Gasteiger charge is 2.26. The molecule has 0 fully saturated rings. The molecule has 0 atom stereocenters. The van der Waals surface area contributed by atoms with Crippen molar-refractivity contribution < 1.29 is 23.9 Å². The standard InChI is InChI=1S/C18H28N2O5/c1-8-24-18(23)16-12(6)15(13(7)19-16)17(22)25-9-14(21)20(10(2)3)11(4)5/h10-11,19H,8-9H2,1-7H3. The van der Waals surface area contributed by atoms with Gasteiger partial charge in [0.25, 0.3) is 5.91 Å². The Hall–Kier alpha value is -2.31. The Balaban J connectivity index is 2.88. The Bertz CT molecular complexity index is 638. The molecule has 1 aromatic heterocycles. The molecule has 7 heteroatoms. The first kappa shape index (κ1) is 20.7. The molecule has 0 aromatic carbocycles. The van der Waals surface area contributed by atoms with Crippen molar-refractivity contribution in [1.29, 1.82) is 0 Å². The lowest BCUT2D eigenvalue weighted by atomic mass is 10.1. The van der Waals surface area contributed by atoms with Crippen LogP contribution in [0.15, 0.2) is 0 Å². The fourth-order valence-corrected chi connectivity index (χ4v) is 2.91. The predicted molar refractivity (Wildman–Crippen MR) is 93.6 cm³/mol. The van der Waals surface area contributed by atoms with Crippen LogP contribution < -0.4 is 0 Å². The van der Waals surface area contributed by atoms with Gasteiger partial charge in [0, 0.05) is 17.8 Å². The molecule has 1 amide bonds. The topological polar surface area (TPSA) is 88.7 Å². The van der Waals surface area contributed by atoms with Crippen molar-refractivity contribution in [2.24, 2.45) is 0 Å². The number of aryl methyl sites for hydroxylation is 1. The molecule has 7 nitrogen and oxygen atoms in total. The second kappa shape index (κ2) is 8.69. The highest BCUT2D eigenvalue weighted by molar-refractivity contribution is 5.99. The minimum atomic E-state index is -0.636. The third-order valence-corrected chi connectivity index (χ3v) is 3.85. The van der Waals surface area contributed by atoms with E-state index in [1.165, 1.54) is 0 Å². The van der Waals surface area contributed by atoms with E-state index in [9.17, 15) is 14.4 Å². The number of ether oxygens (including phenoxy) is 2. The van der Waals surface area contributed by atoms with E-state index >= 15 is 0 Å². The highest BCUT2D eigenvalue weighted by Crippen LogP contribution is 2.20. The molecule has 0 radical (unpaired) electrons. The average molecular weight is 352 g/mol. The maximum absolute atomic E-state index is 12.4. The van der Waals surface area contributed by atoms with Gasteiger partial charge in [-0.15, -0.1) is 0 Å². The summed E-state index contributed by atoms with van der Waals surface area (Å²) >= 11 is 0. The molecule has 1 heterocycles. The van der Waals surface area contributed by atoms with Crippen LogP contribution >= 0.6 is 0 Å². The summed E-state index contributed by atoms with van der Waals surface area (Å²) in [6.07, 6.45) is 0. The SMILES string of the molecule is CCOC(=O)c1[nH]c(C)c(C(=O)OCC(=O)N(C(C)C)C(C)C)c1C. The monoisotopic (exact) mass is 352 g/mol. The smallest absolute Gasteiger partial charge is 0.355 e. The van der Waals surface area contributed by atoms with Crippen molar-refractivity contribution in [3.05, 3.63) is 22.5 Å². The minimum Gasteiger partial charge on any atom is -0.461 e. The number of esters is 2. The molecule has 25 heavy (non-hydrogen) atoms. The minimum absolute atomic E-state index is 0.0114. The van der Waals surface area contributed by atoms with Gasteiger partial charge in [0.1, 0.15) is 5.69 Å². The van der Waals surface area contributed by atoms with Crippen LogP contribution in [0.2, 0.25) is 0 Å². The zero-order chi connectivity index (χ0) is 19.3. The lowest BCUT2D eigenvalue weighted by Crippen LogP contribution is -2.44. The van der Waals surface area contributed by atoms with Gasteiger partial charge in [-0.05, 0) is 54.0 Å². The number of amides is 1. The summed E-state index contributed by atoms with van der Waals surface area (Å²) in [6.45, 7) is 12.6. The van der Waals surface area contributed by atoms with Gasteiger partial charge in [0.2, 0.25) is 0 Å². The molecule has 0 bridgehead atoms. The number of nitrogens with one attached hydrogen (secondary N) is 1. The van der Waals surface area contributed by atoms with Gasteiger partial charge < -0.3 is 19.4 Å². The normalized spacial score (nSPS) is 10.9. The number of H-pyrrole nitrogens is 1. The molecule has 1 rings (SSSR count). The maximum atomic E-state index is 12.4. The van der Waals surface area contributed by atoms with Crippen molar-refractivity contribution >= 4 is 17.8 Å². The van der Waals surface area contributed by atoms with Crippen molar-refractivity contribution in [2.45, 2.75) is 60.5 Å². The number of hydrogen-bond acceptors (Lipinski definition) is 5. The van der Waals surface area contributed by atoms with Crippen LogP contribution in [-0.4, -0.2) is 53.0 Å². The Labute approximate surface area is 148 Å². The third-order valence-electron chi connectivity index (χ3n) is 3.85. The molecular weight excluding hydrogens is 324 g/mol. The van der Waals surface area contributed by atoms with Gasteiger partial charge >= 0.3 is 11.9 Å². The van der Waals surface area contributed by atoms with Crippen LogP contribution in [0.1, 0.15) is 66.7 Å². The molecule has 0 aliphatic heterocycles. The van der Waals surface area contributed by atoms with E-state index in [4.69, 9.17) is 9.47 Å². The van der Waals surface area contributed by atoms with Crippen LogP contribution in [0.5, 0.6) is 0 Å². The van der Waals surface area contributed by atoms with E-state index < -0.39 is 11.9 Å². The zero-order valence-electron chi connectivity index (χ0n) is 16.1. The molecule has 0 spiro atoms. The van der Waals surface area contributed by atoms with E-state index in [1.54, 1.807) is 25.7 Å². The predicted octanol–water partition coefficient (Wildman–Crippen LogP) is 2.61. The fourth-order valence-electron chi connectivity index (χ4n) is 2.91. The number of aromatic amines is 1. The second-order valence-corrected chi connectivity index (χ2v) is 6.41. The first-order chi connectivity index (χ1) is 11.6. The number of hydrogen-bond donors (Lipinski definition) is 1. The van der Waals surface area contributed by atoms with E-state index in [2.05, 4.69) is 4.98 Å². The second-order valence-electron chi connectivity index (χ2n) is 6.41. The van der Waals surface area contributed by atoms with Crippen molar-refractivity contribution in [1.82, 2.24) is 9.88 Å². The van der Waals surface area contributed by atoms with Gasteiger partial charge in [0.05, 0.1) is 12.2 Å². The van der Waals surface area contributed by atoms with Crippen molar-refractivity contribution in [2.75, 3.05) is 13.2 Å². The van der Waals surface area contributed by atoms with E-state index in [0.717, 1.165) is 0 Å². The highest BCUT2D eigenvalue weighted by atomic mass is 16.5. The molecule has 0 aliphatic carbocycles. The number of carbonyl (C=O) groups excluding carboxylic acids is 3. The average Bonchev–Trinajstić information content (AvgIpc) is 2.79. The Morgan fingerprint density at radius 3 is 2.04 bits per heavy atom. The zero-order valence-corrected chi connectivity index (χ0v) is 16.1. The molecule has 0 aliphatic rings. The molecular formula is C18H28N2O5. The Morgan fingerprint density at radius 1 is 1.00 bits per heavy atom. The van der Waals surface area contributed by atoms with E-state index in [1.807, 2.05) is 27.7 Å². The molecule has 1 N–H and O–H groups in total. The first-order valence-corrected chi connectivity index (χ1v) is 8.46. The van der Waals surface area contributed by atoms with Crippen molar-refractivity contribution in [3.8, 4) is 0 Å². The van der Waals surface area contributed by atoms with Gasteiger partial charge in [-0.1, -0.05) is 0 Å². The summed E-state index contributed by atoms with van der Waals surface area (Å²) in [5, 5.41) is 0. The summed E-state index contributed by atoms with van der Waals surface area (Å²) in [4.78, 5) is 41.1. The molecule has 1 aromatic rings. The summed E-state index contributed by atoms with van der Waals surface area (Å²) in [5.41, 5.74) is 1.45. The van der Waals surface area contributed by atoms with Crippen LogP contribution in [-0.2, 0) is 14.3 Å². The lowest BCUT2D eigenvalue weighted by molar-refractivity contribution is -0.138. The fraction of sp³-hybridized carbons (Fsp3) is 0.611. The molecule has 0 saturated heterocycles. The third kappa shape index (κ3) is 4.84. The van der Waals surface area contributed by atoms with Gasteiger partial charge in [-0.25, -0.2) is 9.59 Å². The first-order valence-electron chi connectivity index (χ1n) is 8.46. The number of rotatable bonds is 7. The largest absolute Gasteiger partial charge is 0.461 e. The Morgan fingerprint density at radius 2 is 1.56 bits per heavy atom.